The zero-order chi connectivity index (χ0) is 12.6. The molecule has 0 saturated heterocycles. The zero-order valence-corrected chi connectivity index (χ0v) is 9.27. The summed E-state index contributed by atoms with van der Waals surface area (Å²) in [7, 11) is 0. The van der Waals surface area contributed by atoms with Crippen LogP contribution >= 0.6 is 0 Å². The summed E-state index contributed by atoms with van der Waals surface area (Å²) in [5.74, 6) is -1.18. The quantitative estimate of drug-likeness (QED) is 0.264. The predicted molar refractivity (Wildman–Crippen MR) is 59.8 cm³/mol. The zero-order valence-electron chi connectivity index (χ0n) is 9.27. The SMILES string of the molecule is CCC(=O)NC(N)=NCCCC(N)C(=O)O. The van der Waals surface area contributed by atoms with Crippen molar-refractivity contribution < 1.29 is 14.7 Å². The van der Waals surface area contributed by atoms with Crippen LogP contribution in [-0.2, 0) is 9.59 Å². The molecule has 7 heteroatoms. The average molecular weight is 230 g/mol. The van der Waals surface area contributed by atoms with Crippen molar-refractivity contribution in [3.63, 3.8) is 0 Å². The van der Waals surface area contributed by atoms with E-state index >= 15 is 0 Å². The second-order valence-corrected chi connectivity index (χ2v) is 3.26. The van der Waals surface area contributed by atoms with Crippen LogP contribution in [0.15, 0.2) is 4.99 Å². The topological polar surface area (TPSA) is 131 Å². The van der Waals surface area contributed by atoms with Crippen molar-refractivity contribution in [3.8, 4) is 0 Å². The summed E-state index contributed by atoms with van der Waals surface area (Å²) in [6, 6.07) is -0.873. The van der Waals surface area contributed by atoms with Crippen LogP contribution in [0.4, 0.5) is 0 Å². The van der Waals surface area contributed by atoms with E-state index in [0.29, 0.717) is 25.8 Å². The first-order valence-electron chi connectivity index (χ1n) is 5.05. The largest absolute Gasteiger partial charge is 0.480 e. The summed E-state index contributed by atoms with van der Waals surface area (Å²) in [5.41, 5.74) is 10.7. The molecule has 0 heterocycles. The number of nitrogens with zero attached hydrogens (tertiary/aromatic N) is 1. The number of hydrogen-bond acceptors (Lipinski definition) is 4. The molecule has 1 unspecified atom stereocenters. The smallest absolute Gasteiger partial charge is 0.320 e. The Morgan fingerprint density at radius 3 is 2.62 bits per heavy atom. The maximum absolute atomic E-state index is 10.9. The minimum absolute atomic E-state index is 0.0516. The van der Waals surface area contributed by atoms with Crippen molar-refractivity contribution in [2.75, 3.05) is 6.54 Å². The molecule has 0 aromatic carbocycles. The predicted octanol–water partition coefficient (Wildman–Crippen LogP) is -0.981. The first-order valence-corrected chi connectivity index (χ1v) is 5.05. The van der Waals surface area contributed by atoms with Gasteiger partial charge in [-0.15, -0.1) is 0 Å². The normalized spacial score (nSPS) is 13.2. The van der Waals surface area contributed by atoms with Gasteiger partial charge in [0.15, 0.2) is 5.96 Å². The van der Waals surface area contributed by atoms with Gasteiger partial charge in [0.2, 0.25) is 5.91 Å². The van der Waals surface area contributed by atoms with E-state index < -0.39 is 12.0 Å². The van der Waals surface area contributed by atoms with E-state index in [2.05, 4.69) is 10.3 Å². The highest BCUT2D eigenvalue weighted by Crippen LogP contribution is 1.94. The molecule has 0 radical (unpaired) electrons. The number of rotatable bonds is 6. The molecule has 0 aliphatic rings. The van der Waals surface area contributed by atoms with E-state index in [-0.39, 0.29) is 11.9 Å². The van der Waals surface area contributed by atoms with Gasteiger partial charge in [-0.2, -0.15) is 0 Å². The Morgan fingerprint density at radius 1 is 1.50 bits per heavy atom. The number of hydrogen-bond donors (Lipinski definition) is 4. The van der Waals surface area contributed by atoms with Gasteiger partial charge in [-0.1, -0.05) is 6.92 Å². The highest BCUT2D eigenvalue weighted by atomic mass is 16.4. The molecule has 0 fully saturated rings. The lowest BCUT2D eigenvalue weighted by Gasteiger charge is -2.05. The number of carbonyl (C=O) groups excluding carboxylic acids is 1. The first-order chi connectivity index (χ1) is 7.47. The molecule has 0 saturated carbocycles. The lowest BCUT2D eigenvalue weighted by molar-refractivity contribution is -0.138. The molecule has 0 bridgehead atoms. The summed E-state index contributed by atoms with van der Waals surface area (Å²) in [5, 5.41) is 10.9. The van der Waals surface area contributed by atoms with Crippen LogP contribution in [0.5, 0.6) is 0 Å². The van der Waals surface area contributed by atoms with Gasteiger partial charge in [-0.3, -0.25) is 19.9 Å². The van der Waals surface area contributed by atoms with E-state index in [0.717, 1.165) is 0 Å². The van der Waals surface area contributed by atoms with Crippen LogP contribution in [0.2, 0.25) is 0 Å². The third kappa shape index (κ3) is 6.77. The summed E-state index contributed by atoms with van der Waals surface area (Å²) < 4.78 is 0. The van der Waals surface area contributed by atoms with Gasteiger partial charge in [0, 0.05) is 13.0 Å². The van der Waals surface area contributed by atoms with Gasteiger partial charge >= 0.3 is 5.97 Å². The second kappa shape index (κ2) is 7.63. The Kier molecular flexibility index (Phi) is 6.86. The third-order valence-electron chi connectivity index (χ3n) is 1.86. The summed E-state index contributed by atoms with van der Waals surface area (Å²) in [4.78, 5) is 25.1. The lowest BCUT2D eigenvalue weighted by atomic mass is 10.2. The fraction of sp³-hybridized carbons (Fsp3) is 0.667. The molecule has 0 spiro atoms. The number of amides is 1. The Hall–Kier alpha value is -1.63. The van der Waals surface area contributed by atoms with Crippen molar-refractivity contribution in [2.45, 2.75) is 32.2 Å². The highest BCUT2D eigenvalue weighted by Gasteiger charge is 2.09. The number of guanidine groups is 1. The van der Waals surface area contributed by atoms with Crippen LogP contribution in [0.1, 0.15) is 26.2 Å². The lowest BCUT2D eigenvalue weighted by Crippen LogP contribution is -2.36. The molecular weight excluding hydrogens is 212 g/mol. The number of aliphatic imine (C=N–C) groups is 1. The number of carboxylic acid groups (broad SMARTS) is 1. The molecule has 92 valence electrons. The van der Waals surface area contributed by atoms with Gasteiger partial charge in [0.05, 0.1) is 0 Å². The van der Waals surface area contributed by atoms with E-state index in [1.54, 1.807) is 6.92 Å². The van der Waals surface area contributed by atoms with Crippen LogP contribution in [0.25, 0.3) is 0 Å². The van der Waals surface area contributed by atoms with Crippen molar-refractivity contribution in [2.24, 2.45) is 16.5 Å². The maximum Gasteiger partial charge on any atom is 0.320 e. The van der Waals surface area contributed by atoms with Crippen LogP contribution in [0.3, 0.4) is 0 Å². The van der Waals surface area contributed by atoms with Crippen molar-refractivity contribution in [1.29, 1.82) is 0 Å². The third-order valence-corrected chi connectivity index (χ3v) is 1.86. The number of nitrogens with two attached hydrogens (primary N) is 2. The minimum atomic E-state index is -1.03. The van der Waals surface area contributed by atoms with Crippen LogP contribution in [0, 0.1) is 0 Å². The number of aliphatic carboxylic acids is 1. The van der Waals surface area contributed by atoms with Crippen molar-refractivity contribution >= 4 is 17.8 Å². The maximum atomic E-state index is 10.9. The van der Waals surface area contributed by atoms with E-state index in [1.807, 2.05) is 0 Å². The van der Waals surface area contributed by atoms with Gasteiger partial charge in [-0.05, 0) is 12.8 Å². The summed E-state index contributed by atoms with van der Waals surface area (Å²) in [6.07, 6.45) is 1.17. The number of carbonyl (C=O) groups is 2. The van der Waals surface area contributed by atoms with E-state index in [4.69, 9.17) is 16.6 Å². The molecule has 6 N–H and O–H groups in total. The van der Waals surface area contributed by atoms with Gasteiger partial charge in [0.25, 0.3) is 0 Å². The Bertz CT molecular complexity index is 278. The van der Waals surface area contributed by atoms with Gasteiger partial charge in [0.1, 0.15) is 6.04 Å². The fourth-order valence-electron chi connectivity index (χ4n) is 0.905. The second-order valence-electron chi connectivity index (χ2n) is 3.26. The molecule has 0 aliphatic heterocycles. The van der Waals surface area contributed by atoms with E-state index in [1.165, 1.54) is 0 Å². The monoisotopic (exact) mass is 230 g/mol. The molecule has 1 atom stereocenters. The van der Waals surface area contributed by atoms with Gasteiger partial charge < -0.3 is 16.6 Å². The molecule has 1 amide bonds. The Balaban J connectivity index is 3.75. The minimum Gasteiger partial charge on any atom is -0.480 e. The number of carboxylic acids is 1. The van der Waals surface area contributed by atoms with Gasteiger partial charge in [-0.25, -0.2) is 0 Å². The summed E-state index contributed by atoms with van der Waals surface area (Å²) >= 11 is 0. The molecule has 0 rings (SSSR count). The standard InChI is InChI=1S/C9H18N4O3/c1-2-7(14)13-9(11)12-5-3-4-6(10)8(15)16/h6H,2-5,10H2,1H3,(H,15,16)(H3,11,12,13,14). The first kappa shape index (κ1) is 14.4. The molecule has 0 aromatic rings. The van der Waals surface area contributed by atoms with E-state index in [9.17, 15) is 9.59 Å². The fourth-order valence-corrected chi connectivity index (χ4v) is 0.905. The summed E-state index contributed by atoms with van der Waals surface area (Å²) in [6.45, 7) is 2.05. The Morgan fingerprint density at radius 2 is 2.12 bits per heavy atom. The van der Waals surface area contributed by atoms with Crippen LogP contribution in [-0.4, -0.2) is 35.5 Å². The van der Waals surface area contributed by atoms with Crippen molar-refractivity contribution in [1.82, 2.24) is 5.32 Å². The molecular formula is C9H18N4O3. The van der Waals surface area contributed by atoms with Crippen molar-refractivity contribution in [3.05, 3.63) is 0 Å². The molecule has 0 aromatic heterocycles. The molecule has 16 heavy (non-hydrogen) atoms. The molecule has 7 nitrogen and oxygen atoms in total. The molecule has 0 aliphatic carbocycles. The van der Waals surface area contributed by atoms with Crippen LogP contribution < -0.4 is 16.8 Å². The highest BCUT2D eigenvalue weighted by molar-refractivity contribution is 5.95. The Labute approximate surface area is 93.9 Å². The average Bonchev–Trinajstić information content (AvgIpc) is 2.23. The number of nitrogens with one attached hydrogen (secondary N) is 1.